The fourth-order valence-electron chi connectivity index (χ4n) is 9.14. The number of hydrogen-bond acceptors (Lipinski definition) is 7. The second kappa shape index (κ2) is 56.7. The molecule has 0 aliphatic carbocycles. The third-order valence-electron chi connectivity index (χ3n) is 14.1. The van der Waals surface area contributed by atoms with Crippen molar-refractivity contribution in [2.75, 3.05) is 47.5 Å². The summed E-state index contributed by atoms with van der Waals surface area (Å²) in [6.07, 6.45) is 72.3. The Morgan fingerprint density at radius 3 is 1.11 bits per heavy atom. The molecule has 0 bridgehead atoms. The number of phosphoric ester groups is 1. The van der Waals surface area contributed by atoms with Gasteiger partial charge in [0.15, 0.2) is 6.10 Å². The van der Waals surface area contributed by atoms with Gasteiger partial charge < -0.3 is 18.9 Å². The third-order valence-corrected chi connectivity index (χ3v) is 15.1. The Labute approximate surface area is 464 Å². The van der Waals surface area contributed by atoms with Gasteiger partial charge in [-0.1, -0.05) is 262 Å². The first kappa shape index (κ1) is 73.0. The van der Waals surface area contributed by atoms with Crippen molar-refractivity contribution in [1.82, 2.24) is 0 Å². The molecule has 75 heavy (non-hydrogen) atoms. The van der Waals surface area contributed by atoms with E-state index in [2.05, 4.69) is 62.5 Å². The Morgan fingerprint density at radius 1 is 0.413 bits per heavy atom. The van der Waals surface area contributed by atoms with Crippen LogP contribution in [0.4, 0.5) is 0 Å². The van der Waals surface area contributed by atoms with Crippen LogP contribution in [0, 0.1) is 0 Å². The average molecular weight is 1080 g/mol. The van der Waals surface area contributed by atoms with Crippen molar-refractivity contribution in [3.63, 3.8) is 0 Å². The van der Waals surface area contributed by atoms with E-state index in [0.29, 0.717) is 17.4 Å². The zero-order chi connectivity index (χ0) is 54.9. The second-order valence-electron chi connectivity index (χ2n) is 22.8. The monoisotopic (exact) mass is 1080 g/mol. The van der Waals surface area contributed by atoms with Crippen molar-refractivity contribution in [3.8, 4) is 0 Å². The van der Waals surface area contributed by atoms with E-state index in [1.165, 1.54) is 205 Å². The second-order valence-corrected chi connectivity index (χ2v) is 24.2. The number of hydrogen-bond donors (Lipinski definition) is 1. The first-order valence-electron chi connectivity index (χ1n) is 31.9. The highest BCUT2D eigenvalue weighted by atomic mass is 31.2. The van der Waals surface area contributed by atoms with Gasteiger partial charge in [0.25, 0.3) is 0 Å². The van der Waals surface area contributed by atoms with Crippen LogP contribution in [0.5, 0.6) is 0 Å². The lowest BCUT2D eigenvalue weighted by molar-refractivity contribution is -0.870. The molecule has 2 unspecified atom stereocenters. The molecule has 0 aliphatic heterocycles. The Morgan fingerprint density at radius 2 is 0.720 bits per heavy atom. The molecular weight excluding hydrogens is 954 g/mol. The summed E-state index contributed by atoms with van der Waals surface area (Å²) >= 11 is 0. The smallest absolute Gasteiger partial charge is 0.462 e. The Balaban J connectivity index is 3.87. The molecule has 1 N–H and O–H groups in total. The molecule has 0 saturated carbocycles. The molecule has 9 nitrogen and oxygen atoms in total. The number of phosphoric acid groups is 1. The lowest BCUT2D eigenvalue weighted by atomic mass is 10.0. The molecule has 0 radical (unpaired) electrons. The zero-order valence-corrected chi connectivity index (χ0v) is 50.9. The van der Waals surface area contributed by atoms with Crippen molar-refractivity contribution in [2.45, 2.75) is 309 Å². The van der Waals surface area contributed by atoms with Crippen molar-refractivity contribution in [3.05, 3.63) is 48.6 Å². The molecule has 0 fully saturated rings. The number of rotatable bonds is 59. The van der Waals surface area contributed by atoms with Crippen LogP contribution < -0.4 is 0 Å². The number of nitrogens with zero attached hydrogens (tertiary/aromatic N) is 1. The van der Waals surface area contributed by atoms with Crippen LogP contribution in [0.2, 0.25) is 0 Å². The molecule has 0 aromatic carbocycles. The standard InChI is InChI=1S/C65H122NO8P/c1-6-8-10-12-14-16-18-20-21-22-23-24-25-26-27-28-29-30-31-32-33-34-35-36-37-38-39-40-41-42-43-44-45-46-48-50-52-54-56-58-65(68)74-63(62-73-75(69,70)72-60-59-66(3,4)5)61-71-64(67)57-55-53-51-49-47-19-17-15-13-11-9-7-2/h15,17-18,20,22-23,25-26,63H,6-14,16,19,21,24,27-62H2,1-5H3/p+1/b17-15-,20-18-,23-22-,26-25-. The SMILES string of the molecule is CCCCC/C=C\CCCCCCCC(=O)OCC(COP(=O)(O)OCC[N+](C)(C)C)OC(=O)CCCCCCCCCCCCCCCCCCCCCCCCCC/C=C\C/C=C\C/C=C\CCCCCCC. The highest BCUT2D eigenvalue weighted by Gasteiger charge is 2.27. The van der Waals surface area contributed by atoms with Crippen molar-refractivity contribution < 1.29 is 42.1 Å². The highest BCUT2D eigenvalue weighted by Crippen LogP contribution is 2.43. The minimum absolute atomic E-state index is 0.0319. The van der Waals surface area contributed by atoms with Gasteiger partial charge in [0.05, 0.1) is 27.7 Å². The van der Waals surface area contributed by atoms with Crippen LogP contribution >= 0.6 is 7.82 Å². The van der Waals surface area contributed by atoms with Gasteiger partial charge in [0.2, 0.25) is 0 Å². The van der Waals surface area contributed by atoms with Gasteiger partial charge in [-0.3, -0.25) is 18.6 Å². The van der Waals surface area contributed by atoms with E-state index in [-0.39, 0.29) is 32.0 Å². The maximum absolute atomic E-state index is 12.8. The van der Waals surface area contributed by atoms with Crippen molar-refractivity contribution >= 4 is 19.8 Å². The maximum Gasteiger partial charge on any atom is 0.472 e. The summed E-state index contributed by atoms with van der Waals surface area (Å²) in [6.45, 7) is 4.41. The Kier molecular flexibility index (Phi) is 55.1. The largest absolute Gasteiger partial charge is 0.472 e. The molecule has 0 aromatic heterocycles. The molecular formula is C65H123NO8P+. The third kappa shape index (κ3) is 61.1. The van der Waals surface area contributed by atoms with Gasteiger partial charge in [0.1, 0.15) is 19.8 Å². The molecule has 0 saturated heterocycles. The van der Waals surface area contributed by atoms with E-state index >= 15 is 0 Å². The van der Waals surface area contributed by atoms with E-state index in [4.69, 9.17) is 18.5 Å². The number of likely N-dealkylation sites (N-methyl/N-ethyl adjacent to an activating group) is 1. The molecule has 0 spiro atoms. The van der Waals surface area contributed by atoms with Crippen LogP contribution in [-0.4, -0.2) is 74.9 Å². The zero-order valence-electron chi connectivity index (χ0n) is 50.0. The summed E-state index contributed by atoms with van der Waals surface area (Å²) in [5.41, 5.74) is 0. The number of unbranched alkanes of at least 4 members (excludes halogenated alkanes) is 37. The summed E-state index contributed by atoms with van der Waals surface area (Å²) in [6, 6.07) is 0. The summed E-state index contributed by atoms with van der Waals surface area (Å²) in [7, 11) is 1.48. The normalized spacial score (nSPS) is 13.5. The first-order valence-corrected chi connectivity index (χ1v) is 33.4. The summed E-state index contributed by atoms with van der Waals surface area (Å²) in [4.78, 5) is 35.6. The van der Waals surface area contributed by atoms with Crippen molar-refractivity contribution in [2.24, 2.45) is 0 Å². The topological polar surface area (TPSA) is 108 Å². The molecule has 10 heteroatoms. The molecule has 0 rings (SSSR count). The Hall–Kier alpha value is -2.03. The first-order chi connectivity index (χ1) is 36.5. The molecule has 0 aliphatic rings. The number of allylic oxidation sites excluding steroid dienone is 8. The van der Waals surface area contributed by atoms with Gasteiger partial charge in [-0.15, -0.1) is 0 Å². The van der Waals surface area contributed by atoms with Crippen LogP contribution in [0.3, 0.4) is 0 Å². The summed E-state index contributed by atoms with van der Waals surface area (Å²) in [5, 5.41) is 0. The highest BCUT2D eigenvalue weighted by molar-refractivity contribution is 7.47. The van der Waals surface area contributed by atoms with Crippen LogP contribution in [0.1, 0.15) is 303 Å². The van der Waals surface area contributed by atoms with Gasteiger partial charge in [-0.2, -0.15) is 0 Å². The summed E-state index contributed by atoms with van der Waals surface area (Å²) in [5.74, 6) is -0.797. The summed E-state index contributed by atoms with van der Waals surface area (Å²) < 4.78 is 34.5. The van der Waals surface area contributed by atoms with E-state index in [0.717, 1.165) is 64.2 Å². The van der Waals surface area contributed by atoms with Gasteiger partial charge in [-0.25, -0.2) is 4.57 Å². The molecule has 440 valence electrons. The number of ether oxygens (including phenoxy) is 2. The quantitative estimate of drug-likeness (QED) is 0.0211. The van der Waals surface area contributed by atoms with E-state index in [1.807, 2.05) is 21.1 Å². The number of quaternary nitrogens is 1. The molecule has 0 aromatic rings. The lowest BCUT2D eigenvalue weighted by Crippen LogP contribution is -2.37. The minimum atomic E-state index is -4.38. The lowest BCUT2D eigenvalue weighted by Gasteiger charge is -2.24. The number of carbonyl (C=O) groups excluding carboxylic acids is 2. The van der Waals surface area contributed by atoms with Crippen LogP contribution in [0.15, 0.2) is 48.6 Å². The van der Waals surface area contributed by atoms with Crippen LogP contribution in [0.25, 0.3) is 0 Å². The van der Waals surface area contributed by atoms with Gasteiger partial charge >= 0.3 is 19.8 Å². The van der Waals surface area contributed by atoms with Crippen LogP contribution in [-0.2, 0) is 32.7 Å². The number of carbonyl (C=O) groups is 2. The van der Waals surface area contributed by atoms with E-state index < -0.39 is 26.5 Å². The average Bonchev–Trinajstić information content (AvgIpc) is 3.37. The molecule has 2 atom stereocenters. The van der Waals surface area contributed by atoms with Gasteiger partial charge in [0, 0.05) is 12.8 Å². The fraction of sp³-hybridized carbons (Fsp3) is 0.846. The maximum atomic E-state index is 12.8. The van der Waals surface area contributed by atoms with Crippen molar-refractivity contribution in [1.29, 1.82) is 0 Å². The molecule has 0 amide bonds. The van der Waals surface area contributed by atoms with E-state index in [9.17, 15) is 19.0 Å². The minimum Gasteiger partial charge on any atom is -0.462 e. The predicted octanol–water partition coefficient (Wildman–Crippen LogP) is 20.1. The number of esters is 2. The molecule has 0 heterocycles. The van der Waals surface area contributed by atoms with E-state index in [1.54, 1.807) is 0 Å². The van der Waals surface area contributed by atoms with Gasteiger partial charge in [-0.05, 0) is 77.0 Å². The Bertz CT molecular complexity index is 1410. The predicted molar refractivity (Wildman–Crippen MR) is 321 cm³/mol. The fourth-order valence-corrected chi connectivity index (χ4v) is 9.88.